The summed E-state index contributed by atoms with van der Waals surface area (Å²) in [5.41, 5.74) is 5.40. The van der Waals surface area contributed by atoms with Crippen molar-refractivity contribution in [2.45, 2.75) is 18.9 Å². The highest BCUT2D eigenvalue weighted by Crippen LogP contribution is 2.38. The van der Waals surface area contributed by atoms with Gasteiger partial charge in [0, 0.05) is 6.04 Å². The molecule has 1 fully saturated rings. The summed E-state index contributed by atoms with van der Waals surface area (Å²) >= 11 is 4.79. The van der Waals surface area contributed by atoms with Crippen molar-refractivity contribution in [1.82, 2.24) is 5.32 Å². The van der Waals surface area contributed by atoms with Gasteiger partial charge in [-0.15, -0.1) is 0 Å². The minimum Gasteiger partial charge on any atom is -0.376 e. The van der Waals surface area contributed by atoms with Crippen LogP contribution in [-0.4, -0.2) is 11.2 Å². The molecule has 3 atom stereocenters. The summed E-state index contributed by atoms with van der Waals surface area (Å²) in [5, 5.41) is 3.57. The topological polar surface area (TPSA) is 38.0 Å². The van der Waals surface area contributed by atoms with Gasteiger partial charge in [-0.3, -0.25) is 0 Å². The lowest BCUT2D eigenvalue weighted by molar-refractivity contribution is 0.525. The van der Waals surface area contributed by atoms with Gasteiger partial charge in [0.05, 0.1) is 0 Å². The van der Waals surface area contributed by atoms with Gasteiger partial charge in [-0.25, -0.2) is 0 Å². The number of hydrogen-bond donors (Lipinski definition) is 2. The third-order valence-electron chi connectivity index (χ3n) is 2.61. The Kier molecular flexibility index (Phi) is 1.60. The van der Waals surface area contributed by atoms with E-state index in [1.165, 1.54) is 12.8 Å². The van der Waals surface area contributed by atoms with Gasteiger partial charge in [-0.2, -0.15) is 0 Å². The Labute approximate surface area is 71.8 Å². The van der Waals surface area contributed by atoms with Gasteiger partial charge >= 0.3 is 0 Å². The minimum absolute atomic E-state index is 0.441. The van der Waals surface area contributed by atoms with E-state index in [0.717, 1.165) is 5.92 Å². The molecule has 3 N–H and O–H groups in total. The van der Waals surface area contributed by atoms with Gasteiger partial charge in [0.25, 0.3) is 0 Å². The molecule has 0 aliphatic heterocycles. The van der Waals surface area contributed by atoms with Crippen molar-refractivity contribution >= 4 is 17.3 Å². The SMILES string of the molecule is NC(=S)N[C@H]1C[C@@H]2C=C[C@@H]1C2. The van der Waals surface area contributed by atoms with E-state index in [9.17, 15) is 0 Å². The van der Waals surface area contributed by atoms with Gasteiger partial charge in [-0.05, 0) is 36.9 Å². The van der Waals surface area contributed by atoms with Gasteiger partial charge in [0.2, 0.25) is 0 Å². The molecule has 0 aromatic rings. The molecule has 0 heterocycles. The molecule has 60 valence electrons. The second-order valence-corrected chi connectivity index (χ2v) is 3.84. The molecule has 2 bridgehead atoms. The smallest absolute Gasteiger partial charge is 0.163 e. The fraction of sp³-hybridized carbons (Fsp3) is 0.625. The molecule has 0 unspecified atom stereocenters. The molecule has 0 aromatic carbocycles. The van der Waals surface area contributed by atoms with Crippen LogP contribution in [0.5, 0.6) is 0 Å². The van der Waals surface area contributed by atoms with Crippen molar-refractivity contribution in [3.8, 4) is 0 Å². The normalized spacial score (nSPS) is 39.5. The summed E-state index contributed by atoms with van der Waals surface area (Å²) in [5.74, 6) is 1.47. The lowest BCUT2D eigenvalue weighted by Gasteiger charge is -2.19. The van der Waals surface area contributed by atoms with Crippen LogP contribution in [0.4, 0.5) is 0 Å². The van der Waals surface area contributed by atoms with Crippen LogP contribution in [0.15, 0.2) is 12.2 Å². The fourth-order valence-electron chi connectivity index (χ4n) is 2.13. The van der Waals surface area contributed by atoms with Gasteiger partial charge in [0.15, 0.2) is 5.11 Å². The molecular weight excluding hydrogens is 156 g/mol. The summed E-state index contributed by atoms with van der Waals surface area (Å²) in [4.78, 5) is 0. The zero-order valence-corrected chi connectivity index (χ0v) is 7.10. The zero-order chi connectivity index (χ0) is 7.84. The van der Waals surface area contributed by atoms with Crippen LogP contribution >= 0.6 is 12.2 Å². The van der Waals surface area contributed by atoms with E-state index in [4.69, 9.17) is 18.0 Å². The monoisotopic (exact) mass is 168 g/mol. The molecule has 2 nitrogen and oxygen atoms in total. The number of thiocarbonyl (C=S) groups is 1. The largest absolute Gasteiger partial charge is 0.376 e. The number of nitrogens with one attached hydrogen (secondary N) is 1. The molecule has 3 heteroatoms. The van der Waals surface area contributed by atoms with E-state index in [2.05, 4.69) is 17.5 Å². The van der Waals surface area contributed by atoms with Crippen molar-refractivity contribution in [1.29, 1.82) is 0 Å². The number of fused-ring (bicyclic) bond motifs is 2. The molecule has 2 aliphatic carbocycles. The summed E-state index contributed by atoms with van der Waals surface area (Å²) in [6.07, 6.45) is 7.09. The first-order valence-corrected chi connectivity index (χ1v) is 4.41. The highest BCUT2D eigenvalue weighted by atomic mass is 32.1. The molecule has 11 heavy (non-hydrogen) atoms. The Morgan fingerprint density at radius 1 is 1.45 bits per heavy atom. The van der Waals surface area contributed by atoms with E-state index < -0.39 is 0 Å². The first-order chi connectivity index (χ1) is 5.25. The average molecular weight is 168 g/mol. The lowest BCUT2D eigenvalue weighted by Crippen LogP contribution is -2.40. The molecule has 0 saturated heterocycles. The molecule has 0 amide bonds. The highest BCUT2D eigenvalue weighted by molar-refractivity contribution is 7.80. The van der Waals surface area contributed by atoms with Crippen LogP contribution in [-0.2, 0) is 0 Å². The number of hydrogen-bond acceptors (Lipinski definition) is 1. The highest BCUT2D eigenvalue weighted by Gasteiger charge is 2.35. The van der Waals surface area contributed by atoms with E-state index in [1.807, 2.05) is 0 Å². The van der Waals surface area contributed by atoms with Gasteiger partial charge in [0.1, 0.15) is 0 Å². The molecule has 2 rings (SSSR count). The standard InChI is InChI=1S/C8H12N2S/c9-8(11)10-7-4-5-1-2-6(7)3-5/h1-2,5-7H,3-4H2,(H3,9,10,11)/t5-,6-,7+/m1/s1. The van der Waals surface area contributed by atoms with Crippen molar-refractivity contribution < 1.29 is 0 Å². The van der Waals surface area contributed by atoms with Gasteiger partial charge < -0.3 is 11.1 Å². The lowest BCUT2D eigenvalue weighted by atomic mass is 10.0. The maximum atomic E-state index is 5.40. The van der Waals surface area contributed by atoms with Crippen LogP contribution in [0.25, 0.3) is 0 Å². The van der Waals surface area contributed by atoms with Crippen molar-refractivity contribution in [3.05, 3.63) is 12.2 Å². The first-order valence-electron chi connectivity index (χ1n) is 4.00. The van der Waals surface area contributed by atoms with Gasteiger partial charge in [-0.1, -0.05) is 12.2 Å². The van der Waals surface area contributed by atoms with Crippen LogP contribution in [0.1, 0.15) is 12.8 Å². The second kappa shape index (κ2) is 2.48. The minimum atomic E-state index is 0.441. The Morgan fingerprint density at radius 3 is 2.73 bits per heavy atom. The number of nitrogens with two attached hydrogens (primary N) is 1. The molecule has 0 aromatic heterocycles. The van der Waals surface area contributed by atoms with E-state index in [0.29, 0.717) is 17.1 Å². The Bertz CT molecular complexity index is 212. The Morgan fingerprint density at radius 2 is 2.27 bits per heavy atom. The molecule has 2 aliphatic rings. The second-order valence-electron chi connectivity index (χ2n) is 3.40. The molecule has 0 radical (unpaired) electrons. The Balaban J connectivity index is 1.98. The zero-order valence-electron chi connectivity index (χ0n) is 6.29. The number of allylic oxidation sites excluding steroid dienone is 1. The molecule has 0 spiro atoms. The summed E-state index contributed by atoms with van der Waals surface area (Å²) in [6, 6.07) is 0.516. The first kappa shape index (κ1) is 7.10. The van der Waals surface area contributed by atoms with Crippen molar-refractivity contribution in [3.63, 3.8) is 0 Å². The van der Waals surface area contributed by atoms with Crippen LogP contribution < -0.4 is 11.1 Å². The Hall–Kier alpha value is -0.570. The summed E-state index contributed by atoms with van der Waals surface area (Å²) < 4.78 is 0. The van der Waals surface area contributed by atoms with Crippen LogP contribution in [0, 0.1) is 11.8 Å². The molecular formula is C8H12N2S. The van der Waals surface area contributed by atoms with E-state index >= 15 is 0 Å². The third kappa shape index (κ3) is 1.25. The molecule has 1 saturated carbocycles. The predicted octanol–water partition coefficient (Wildman–Crippen LogP) is 0.784. The predicted molar refractivity (Wildman–Crippen MR) is 49.1 cm³/mol. The van der Waals surface area contributed by atoms with E-state index in [1.54, 1.807) is 0 Å². The number of rotatable bonds is 1. The average Bonchev–Trinajstić information content (AvgIpc) is 2.45. The van der Waals surface area contributed by atoms with Crippen LogP contribution in [0.3, 0.4) is 0 Å². The summed E-state index contributed by atoms with van der Waals surface area (Å²) in [6.45, 7) is 0. The maximum Gasteiger partial charge on any atom is 0.163 e. The fourth-order valence-corrected chi connectivity index (χ4v) is 2.28. The summed E-state index contributed by atoms with van der Waals surface area (Å²) in [7, 11) is 0. The van der Waals surface area contributed by atoms with Crippen molar-refractivity contribution in [2.75, 3.05) is 0 Å². The van der Waals surface area contributed by atoms with E-state index in [-0.39, 0.29) is 0 Å². The third-order valence-corrected chi connectivity index (χ3v) is 2.72. The maximum absolute atomic E-state index is 5.40. The van der Waals surface area contributed by atoms with Crippen LogP contribution in [0.2, 0.25) is 0 Å². The quantitative estimate of drug-likeness (QED) is 0.449. The van der Waals surface area contributed by atoms with Crippen molar-refractivity contribution in [2.24, 2.45) is 17.6 Å².